The van der Waals surface area contributed by atoms with Gasteiger partial charge in [-0.25, -0.2) is 0 Å². The quantitative estimate of drug-likeness (QED) is 0.856. The van der Waals surface area contributed by atoms with E-state index in [2.05, 4.69) is 39.1 Å². The molecule has 0 aliphatic carbocycles. The highest BCUT2D eigenvalue weighted by molar-refractivity contribution is 9.10. The van der Waals surface area contributed by atoms with Crippen LogP contribution < -0.4 is 10.2 Å². The maximum absolute atomic E-state index is 6.27. The largest absolute Gasteiger partial charge is 0.369 e. The van der Waals surface area contributed by atoms with Crippen LogP contribution >= 0.6 is 27.5 Å². The minimum atomic E-state index is 0.516. The van der Waals surface area contributed by atoms with Crippen LogP contribution in [0.1, 0.15) is 13.3 Å². The number of hydrogen-bond donors (Lipinski definition) is 1. The Kier molecular flexibility index (Phi) is 4.11. The normalized spacial score (nSPS) is 21.9. The van der Waals surface area contributed by atoms with E-state index < -0.39 is 0 Å². The number of nitrogens with one attached hydrogen (secondary N) is 1. The Balaban J connectivity index is 2.21. The lowest BCUT2D eigenvalue weighted by Gasteiger charge is -2.25. The summed E-state index contributed by atoms with van der Waals surface area (Å²) in [6, 6.07) is 6.61. The molecule has 4 heteroatoms. The van der Waals surface area contributed by atoms with E-state index in [1.54, 1.807) is 0 Å². The topological polar surface area (TPSA) is 15.3 Å². The van der Waals surface area contributed by atoms with Crippen LogP contribution in [0, 0.1) is 0 Å². The molecule has 0 bridgehead atoms. The molecular weight excluding hydrogens is 288 g/mol. The van der Waals surface area contributed by atoms with Crippen LogP contribution in [0.15, 0.2) is 22.7 Å². The second-order valence-electron chi connectivity index (χ2n) is 4.25. The molecule has 2 rings (SSSR count). The zero-order chi connectivity index (χ0) is 11.5. The van der Waals surface area contributed by atoms with Crippen LogP contribution in [0.5, 0.6) is 0 Å². The zero-order valence-electron chi connectivity index (χ0n) is 9.34. The average molecular weight is 304 g/mol. The minimum absolute atomic E-state index is 0.516. The lowest BCUT2D eigenvalue weighted by atomic mass is 10.2. The molecule has 1 N–H and O–H groups in total. The van der Waals surface area contributed by atoms with E-state index in [9.17, 15) is 0 Å². The summed E-state index contributed by atoms with van der Waals surface area (Å²) < 4.78 is 1.03. The van der Waals surface area contributed by atoms with Crippen molar-refractivity contribution >= 4 is 33.2 Å². The molecule has 2 nitrogen and oxygen atoms in total. The fourth-order valence-electron chi connectivity index (χ4n) is 2.06. The maximum Gasteiger partial charge on any atom is 0.0650 e. The van der Waals surface area contributed by atoms with Crippen molar-refractivity contribution in [2.24, 2.45) is 0 Å². The van der Waals surface area contributed by atoms with Gasteiger partial charge in [-0.2, -0.15) is 0 Å². The lowest BCUT2D eigenvalue weighted by Crippen LogP contribution is -2.35. The lowest BCUT2D eigenvalue weighted by molar-refractivity contribution is 0.585. The summed E-state index contributed by atoms with van der Waals surface area (Å²) in [4.78, 5) is 2.36. The Hall–Kier alpha value is -0.250. The molecule has 1 aromatic carbocycles. The van der Waals surface area contributed by atoms with Crippen LogP contribution in [-0.4, -0.2) is 25.7 Å². The molecule has 0 amide bonds. The first-order valence-corrected chi connectivity index (χ1v) is 6.77. The van der Waals surface area contributed by atoms with Gasteiger partial charge < -0.3 is 10.2 Å². The van der Waals surface area contributed by atoms with Crippen molar-refractivity contribution in [2.45, 2.75) is 19.4 Å². The van der Waals surface area contributed by atoms with Crippen LogP contribution in [0.4, 0.5) is 5.69 Å². The van der Waals surface area contributed by atoms with Gasteiger partial charge in [0.25, 0.3) is 0 Å². The first kappa shape index (κ1) is 12.2. The van der Waals surface area contributed by atoms with Crippen LogP contribution in [0.25, 0.3) is 0 Å². The Morgan fingerprint density at radius 1 is 1.50 bits per heavy atom. The molecule has 0 aromatic heterocycles. The van der Waals surface area contributed by atoms with Crippen molar-refractivity contribution < 1.29 is 0 Å². The van der Waals surface area contributed by atoms with E-state index in [0.717, 1.165) is 41.2 Å². The van der Waals surface area contributed by atoms with Gasteiger partial charge >= 0.3 is 0 Å². The van der Waals surface area contributed by atoms with Gasteiger partial charge in [0.2, 0.25) is 0 Å². The van der Waals surface area contributed by atoms with Gasteiger partial charge in [0.1, 0.15) is 0 Å². The number of benzene rings is 1. The Morgan fingerprint density at radius 2 is 2.31 bits per heavy atom. The van der Waals surface area contributed by atoms with Crippen molar-refractivity contribution in [1.29, 1.82) is 0 Å². The second kappa shape index (κ2) is 5.39. The number of hydrogen-bond acceptors (Lipinski definition) is 2. The van der Waals surface area contributed by atoms with E-state index in [-0.39, 0.29) is 0 Å². The first-order chi connectivity index (χ1) is 7.66. The first-order valence-electron chi connectivity index (χ1n) is 5.60. The fourth-order valence-corrected chi connectivity index (χ4v) is 2.85. The smallest absolute Gasteiger partial charge is 0.0650 e. The summed E-state index contributed by atoms with van der Waals surface area (Å²) in [6.07, 6.45) is 1.16. The molecule has 0 spiro atoms. The van der Waals surface area contributed by atoms with Crippen molar-refractivity contribution in [1.82, 2.24) is 5.32 Å². The summed E-state index contributed by atoms with van der Waals surface area (Å²) in [5, 5.41) is 4.30. The van der Waals surface area contributed by atoms with Crippen molar-refractivity contribution in [3.63, 3.8) is 0 Å². The van der Waals surface area contributed by atoms with Crippen LogP contribution in [0.2, 0.25) is 5.02 Å². The second-order valence-corrected chi connectivity index (χ2v) is 5.57. The fraction of sp³-hybridized carbons (Fsp3) is 0.500. The molecule has 1 unspecified atom stereocenters. The third kappa shape index (κ3) is 2.90. The molecule has 16 heavy (non-hydrogen) atoms. The summed E-state index contributed by atoms with van der Waals surface area (Å²) in [7, 11) is 0. The van der Waals surface area contributed by atoms with Gasteiger partial charge in [-0.3, -0.25) is 0 Å². The van der Waals surface area contributed by atoms with Crippen molar-refractivity contribution in [3.05, 3.63) is 27.7 Å². The van der Waals surface area contributed by atoms with Crippen molar-refractivity contribution in [2.75, 3.05) is 24.5 Å². The Labute approximate surface area is 110 Å². The molecule has 0 radical (unpaired) electrons. The third-order valence-electron chi connectivity index (χ3n) is 2.84. The summed E-state index contributed by atoms with van der Waals surface area (Å²) >= 11 is 9.70. The monoisotopic (exact) mass is 302 g/mol. The molecule has 1 saturated heterocycles. The number of rotatable bonds is 1. The Morgan fingerprint density at radius 3 is 3.06 bits per heavy atom. The van der Waals surface area contributed by atoms with Gasteiger partial charge in [-0.1, -0.05) is 27.5 Å². The summed E-state index contributed by atoms with van der Waals surface area (Å²) in [5.74, 6) is 0. The molecular formula is C12H16BrClN2. The van der Waals surface area contributed by atoms with Gasteiger partial charge in [0.15, 0.2) is 0 Å². The van der Waals surface area contributed by atoms with E-state index in [1.165, 1.54) is 0 Å². The molecule has 1 aliphatic heterocycles. The molecule has 1 heterocycles. The highest BCUT2D eigenvalue weighted by atomic mass is 79.9. The predicted molar refractivity (Wildman–Crippen MR) is 73.4 cm³/mol. The van der Waals surface area contributed by atoms with E-state index in [1.807, 2.05) is 12.1 Å². The molecule has 1 aromatic rings. The zero-order valence-corrected chi connectivity index (χ0v) is 11.7. The Bertz CT molecular complexity index is 370. The van der Waals surface area contributed by atoms with Gasteiger partial charge in [0.05, 0.1) is 10.7 Å². The summed E-state index contributed by atoms with van der Waals surface area (Å²) in [6.45, 7) is 5.39. The number of nitrogens with zero attached hydrogens (tertiary/aromatic N) is 1. The number of halogens is 2. The van der Waals surface area contributed by atoms with Crippen LogP contribution in [0.3, 0.4) is 0 Å². The van der Waals surface area contributed by atoms with E-state index in [0.29, 0.717) is 6.04 Å². The van der Waals surface area contributed by atoms with Crippen molar-refractivity contribution in [3.8, 4) is 0 Å². The van der Waals surface area contributed by atoms with E-state index >= 15 is 0 Å². The van der Waals surface area contributed by atoms with E-state index in [4.69, 9.17) is 11.6 Å². The maximum atomic E-state index is 6.27. The van der Waals surface area contributed by atoms with Gasteiger partial charge in [-0.05, 0) is 38.1 Å². The molecule has 0 saturated carbocycles. The summed E-state index contributed by atoms with van der Waals surface area (Å²) in [5.41, 5.74) is 1.14. The van der Waals surface area contributed by atoms with Gasteiger partial charge in [0, 0.05) is 23.6 Å². The molecule has 1 atom stereocenters. The predicted octanol–water partition coefficient (Wildman–Crippen LogP) is 3.29. The molecule has 1 aliphatic rings. The number of anilines is 1. The molecule has 1 fully saturated rings. The highest BCUT2D eigenvalue weighted by Crippen LogP contribution is 2.29. The third-order valence-corrected chi connectivity index (χ3v) is 3.64. The minimum Gasteiger partial charge on any atom is -0.369 e. The van der Waals surface area contributed by atoms with Crippen LogP contribution in [-0.2, 0) is 0 Å². The standard InChI is InChI=1S/C12H16BrClN2/c1-9-8-16(6-2-5-15-9)12-4-3-10(13)7-11(12)14/h3-4,7,9,15H,2,5-6,8H2,1H3. The average Bonchev–Trinajstić information content (AvgIpc) is 2.43. The van der Waals surface area contributed by atoms with Gasteiger partial charge in [-0.15, -0.1) is 0 Å². The molecule has 88 valence electrons. The SMILES string of the molecule is CC1CN(c2ccc(Br)cc2Cl)CCCN1. The highest BCUT2D eigenvalue weighted by Gasteiger charge is 2.16.